The van der Waals surface area contributed by atoms with Crippen LogP contribution in [0.3, 0.4) is 0 Å². The van der Waals surface area contributed by atoms with Gasteiger partial charge >= 0.3 is 0 Å². The third-order valence-corrected chi connectivity index (χ3v) is 2.56. The molecule has 5 nitrogen and oxygen atoms in total. The molecular formula is C13H15N3O2. The van der Waals surface area contributed by atoms with Gasteiger partial charge in [-0.2, -0.15) is 0 Å². The van der Waals surface area contributed by atoms with Crippen molar-refractivity contribution in [3.05, 3.63) is 35.7 Å². The second kappa shape index (κ2) is 4.52. The maximum Gasteiger partial charge on any atom is 0.275 e. The number of rotatable bonds is 2. The first kappa shape index (κ1) is 12.2. The number of benzene rings is 1. The van der Waals surface area contributed by atoms with Gasteiger partial charge in [0, 0.05) is 25.3 Å². The Morgan fingerprint density at radius 3 is 2.44 bits per heavy atom. The molecule has 0 saturated heterocycles. The molecule has 0 radical (unpaired) electrons. The quantitative estimate of drug-likeness (QED) is 0.820. The van der Waals surface area contributed by atoms with Crippen LogP contribution in [0.1, 0.15) is 16.2 Å². The molecule has 0 fully saturated rings. The molecule has 1 aromatic heterocycles. The molecular weight excluding hydrogens is 230 g/mol. The minimum absolute atomic E-state index is 0.169. The van der Waals surface area contributed by atoms with E-state index in [0.29, 0.717) is 23.0 Å². The molecule has 5 heteroatoms. The Bertz CT molecular complexity index is 570. The molecule has 2 rings (SSSR count). The minimum Gasteiger partial charge on any atom is -0.441 e. The highest BCUT2D eigenvalue weighted by atomic mass is 16.4. The third-order valence-electron chi connectivity index (χ3n) is 2.56. The van der Waals surface area contributed by atoms with Crippen molar-refractivity contribution in [3.63, 3.8) is 0 Å². The maximum absolute atomic E-state index is 11.8. The van der Waals surface area contributed by atoms with Crippen LogP contribution < -0.4 is 5.73 Å². The van der Waals surface area contributed by atoms with Crippen LogP contribution in [0.15, 0.2) is 28.7 Å². The van der Waals surface area contributed by atoms with E-state index in [9.17, 15) is 4.79 Å². The molecule has 1 amide bonds. The van der Waals surface area contributed by atoms with E-state index in [4.69, 9.17) is 10.2 Å². The van der Waals surface area contributed by atoms with E-state index in [1.807, 2.05) is 12.1 Å². The SMILES string of the molecule is Cc1oc(-c2ccc(N)cc2)nc1C(=O)N(C)C. The molecule has 2 aromatic rings. The summed E-state index contributed by atoms with van der Waals surface area (Å²) in [6.45, 7) is 1.73. The van der Waals surface area contributed by atoms with E-state index >= 15 is 0 Å². The number of aromatic nitrogens is 1. The van der Waals surface area contributed by atoms with Gasteiger partial charge in [-0.3, -0.25) is 4.79 Å². The van der Waals surface area contributed by atoms with Crippen molar-refractivity contribution in [2.45, 2.75) is 6.92 Å². The monoisotopic (exact) mass is 245 g/mol. The zero-order valence-corrected chi connectivity index (χ0v) is 10.6. The molecule has 18 heavy (non-hydrogen) atoms. The number of nitrogens with two attached hydrogens (primary N) is 1. The average molecular weight is 245 g/mol. The molecule has 94 valence electrons. The molecule has 0 aliphatic carbocycles. The van der Waals surface area contributed by atoms with E-state index in [1.54, 1.807) is 33.2 Å². The Hall–Kier alpha value is -2.30. The van der Waals surface area contributed by atoms with Gasteiger partial charge in [-0.05, 0) is 31.2 Å². The second-order valence-corrected chi connectivity index (χ2v) is 4.25. The average Bonchev–Trinajstić information content (AvgIpc) is 2.71. The number of nitrogen functional groups attached to an aromatic ring is 1. The van der Waals surface area contributed by atoms with Gasteiger partial charge in [-0.1, -0.05) is 0 Å². The Morgan fingerprint density at radius 1 is 1.28 bits per heavy atom. The molecule has 0 aliphatic rings. The lowest BCUT2D eigenvalue weighted by Crippen LogP contribution is -2.22. The minimum atomic E-state index is -0.169. The van der Waals surface area contributed by atoms with Gasteiger partial charge in [0.15, 0.2) is 5.69 Å². The van der Waals surface area contributed by atoms with Crippen molar-refractivity contribution in [2.24, 2.45) is 0 Å². The standard InChI is InChI=1S/C13H15N3O2/c1-8-11(13(17)16(2)3)15-12(18-8)9-4-6-10(14)7-5-9/h4-7H,14H2,1-3H3. The zero-order valence-electron chi connectivity index (χ0n) is 10.6. The van der Waals surface area contributed by atoms with Crippen molar-refractivity contribution < 1.29 is 9.21 Å². The molecule has 1 heterocycles. The van der Waals surface area contributed by atoms with Crippen LogP contribution in [0.5, 0.6) is 0 Å². The summed E-state index contributed by atoms with van der Waals surface area (Å²) in [6, 6.07) is 7.15. The highest BCUT2D eigenvalue weighted by Gasteiger charge is 2.19. The van der Waals surface area contributed by atoms with Crippen molar-refractivity contribution in [1.29, 1.82) is 0 Å². The molecule has 0 saturated carbocycles. The van der Waals surface area contributed by atoms with Gasteiger partial charge in [0.05, 0.1) is 0 Å². The normalized spacial score (nSPS) is 10.4. The largest absolute Gasteiger partial charge is 0.441 e. The second-order valence-electron chi connectivity index (χ2n) is 4.25. The first-order valence-corrected chi connectivity index (χ1v) is 5.54. The molecule has 0 atom stereocenters. The number of carbonyl (C=O) groups excluding carboxylic acids is 1. The van der Waals surface area contributed by atoms with Crippen LogP contribution in [-0.2, 0) is 0 Å². The van der Waals surface area contributed by atoms with Crippen LogP contribution in [0.4, 0.5) is 5.69 Å². The van der Waals surface area contributed by atoms with E-state index in [-0.39, 0.29) is 5.91 Å². The molecule has 1 aromatic carbocycles. The van der Waals surface area contributed by atoms with Gasteiger partial charge in [-0.25, -0.2) is 4.98 Å². The summed E-state index contributed by atoms with van der Waals surface area (Å²) in [7, 11) is 3.36. The van der Waals surface area contributed by atoms with Gasteiger partial charge in [0.25, 0.3) is 5.91 Å². The van der Waals surface area contributed by atoms with E-state index in [2.05, 4.69) is 4.98 Å². The van der Waals surface area contributed by atoms with Gasteiger partial charge in [0.1, 0.15) is 5.76 Å². The topological polar surface area (TPSA) is 72.4 Å². The summed E-state index contributed by atoms with van der Waals surface area (Å²) >= 11 is 0. The molecule has 2 N–H and O–H groups in total. The fourth-order valence-corrected chi connectivity index (χ4v) is 1.56. The van der Waals surface area contributed by atoms with Gasteiger partial charge < -0.3 is 15.1 Å². The first-order valence-electron chi connectivity index (χ1n) is 5.54. The number of aryl methyl sites for hydroxylation is 1. The lowest BCUT2D eigenvalue weighted by molar-refractivity contribution is 0.0821. The number of amides is 1. The van der Waals surface area contributed by atoms with Gasteiger partial charge in [0.2, 0.25) is 5.89 Å². The van der Waals surface area contributed by atoms with Gasteiger partial charge in [-0.15, -0.1) is 0 Å². The summed E-state index contributed by atoms with van der Waals surface area (Å²) in [6.07, 6.45) is 0. The Balaban J connectivity index is 2.40. The number of hydrogen-bond donors (Lipinski definition) is 1. The number of carbonyl (C=O) groups is 1. The lowest BCUT2D eigenvalue weighted by Gasteiger charge is -2.06. The summed E-state index contributed by atoms with van der Waals surface area (Å²) in [5, 5.41) is 0. The Labute approximate surface area is 105 Å². The lowest BCUT2D eigenvalue weighted by atomic mass is 10.2. The van der Waals surface area contributed by atoms with Crippen LogP contribution in [0.2, 0.25) is 0 Å². The zero-order chi connectivity index (χ0) is 13.3. The predicted molar refractivity (Wildman–Crippen MR) is 69.1 cm³/mol. The number of anilines is 1. The summed E-state index contributed by atoms with van der Waals surface area (Å²) < 4.78 is 5.51. The smallest absolute Gasteiger partial charge is 0.275 e. The fourth-order valence-electron chi connectivity index (χ4n) is 1.56. The number of nitrogens with zero attached hydrogens (tertiary/aromatic N) is 2. The fraction of sp³-hybridized carbons (Fsp3) is 0.231. The molecule has 0 spiro atoms. The van der Waals surface area contributed by atoms with E-state index in [1.165, 1.54) is 4.90 Å². The maximum atomic E-state index is 11.8. The van der Waals surface area contributed by atoms with Crippen molar-refractivity contribution in [2.75, 3.05) is 19.8 Å². The van der Waals surface area contributed by atoms with Crippen LogP contribution in [0.25, 0.3) is 11.5 Å². The highest BCUT2D eigenvalue weighted by Crippen LogP contribution is 2.23. The van der Waals surface area contributed by atoms with E-state index in [0.717, 1.165) is 5.56 Å². The first-order chi connectivity index (χ1) is 8.49. The van der Waals surface area contributed by atoms with E-state index < -0.39 is 0 Å². The summed E-state index contributed by atoms with van der Waals surface area (Å²) in [4.78, 5) is 17.5. The third kappa shape index (κ3) is 2.20. The summed E-state index contributed by atoms with van der Waals surface area (Å²) in [5.74, 6) is 0.774. The molecule has 0 aliphatic heterocycles. The van der Waals surface area contributed by atoms with Crippen LogP contribution in [0, 0.1) is 6.92 Å². The molecule has 0 unspecified atom stereocenters. The summed E-state index contributed by atoms with van der Waals surface area (Å²) in [5.41, 5.74) is 7.42. The van der Waals surface area contributed by atoms with Crippen molar-refractivity contribution in [1.82, 2.24) is 9.88 Å². The Morgan fingerprint density at radius 2 is 1.89 bits per heavy atom. The molecule has 0 bridgehead atoms. The Kier molecular flexibility index (Phi) is 3.06. The number of hydrogen-bond acceptors (Lipinski definition) is 4. The van der Waals surface area contributed by atoms with Crippen LogP contribution in [-0.4, -0.2) is 29.9 Å². The predicted octanol–water partition coefficient (Wildman–Crippen LogP) is 1.93. The van der Waals surface area contributed by atoms with Crippen molar-refractivity contribution in [3.8, 4) is 11.5 Å². The van der Waals surface area contributed by atoms with Crippen molar-refractivity contribution >= 4 is 11.6 Å². The number of oxazole rings is 1. The van der Waals surface area contributed by atoms with Crippen LogP contribution >= 0.6 is 0 Å². The highest BCUT2D eigenvalue weighted by molar-refractivity contribution is 5.93.